The number of hydrogen-bond acceptors (Lipinski definition) is 12. The highest BCUT2D eigenvalue weighted by atomic mass is 32.2. The van der Waals surface area contributed by atoms with Crippen molar-refractivity contribution in [3.8, 4) is 0 Å². The largest absolute Gasteiger partial charge is 0.506 e. The third-order valence-electron chi connectivity index (χ3n) is 11.7. The summed E-state index contributed by atoms with van der Waals surface area (Å²) in [6, 6.07) is 18.8. The number of pyridine rings is 2. The zero-order valence-electron chi connectivity index (χ0n) is 38.5. The van der Waals surface area contributed by atoms with E-state index in [2.05, 4.69) is 18.8 Å². The molecule has 0 radical (unpaired) electrons. The molecule has 360 valence electrons. The fourth-order valence-electron chi connectivity index (χ4n) is 7.91. The van der Waals surface area contributed by atoms with E-state index in [1.807, 2.05) is 0 Å². The molecular formula is C48H48F4N4O10S2. The zero-order chi connectivity index (χ0) is 51.3. The van der Waals surface area contributed by atoms with Crippen molar-refractivity contribution in [2.45, 2.75) is 91.9 Å². The van der Waals surface area contributed by atoms with Crippen LogP contribution in [-0.2, 0) is 39.2 Å². The number of alkyl halides is 4. The lowest BCUT2D eigenvalue weighted by Crippen LogP contribution is -2.54. The molecule has 2 aliphatic rings. The van der Waals surface area contributed by atoms with Gasteiger partial charge in [-0.3, -0.25) is 29.1 Å². The molecule has 4 aromatic rings. The Hall–Kier alpha value is -6.54. The maximum atomic E-state index is 13.4. The van der Waals surface area contributed by atoms with Gasteiger partial charge in [-0.15, -0.1) is 0 Å². The highest BCUT2D eigenvalue weighted by Crippen LogP contribution is 2.46. The number of sulfonamides is 2. The van der Waals surface area contributed by atoms with Crippen molar-refractivity contribution in [1.29, 1.82) is 0 Å². The smallest absolute Gasteiger partial charge is 0.282 e. The molecule has 0 unspecified atom stereocenters. The van der Waals surface area contributed by atoms with Gasteiger partial charge in [0.15, 0.2) is 23.1 Å². The first-order chi connectivity index (χ1) is 31.2. The molecule has 0 spiro atoms. The highest BCUT2D eigenvalue weighted by Gasteiger charge is 2.57. The van der Waals surface area contributed by atoms with E-state index in [4.69, 9.17) is 0 Å². The first kappa shape index (κ1) is 52.4. The lowest BCUT2D eigenvalue weighted by molar-refractivity contribution is -0.142. The van der Waals surface area contributed by atoms with Gasteiger partial charge in [0, 0.05) is 22.5 Å². The molecular weight excluding hydrogens is 933 g/mol. The van der Waals surface area contributed by atoms with Crippen molar-refractivity contribution in [2.75, 3.05) is 0 Å². The standard InChI is InChI=1S/2C24H24F2N2O5S/c2*1-13-15(11-12-16(27-13)21(25)26)18(29)17-19(23(2,3)22(31)24(4,5)20(17)30)28-34(32,33)14-9-7-6-8-10-14/h2*6-12,21,29H,1-5H3. The molecule has 2 heterocycles. The summed E-state index contributed by atoms with van der Waals surface area (Å²) in [5.74, 6) is -4.21. The van der Waals surface area contributed by atoms with E-state index in [1.165, 1.54) is 130 Å². The van der Waals surface area contributed by atoms with Crippen LogP contribution in [0, 0.1) is 35.5 Å². The summed E-state index contributed by atoms with van der Waals surface area (Å²) in [6.07, 6.45) is -5.69. The molecule has 0 saturated heterocycles. The second-order valence-electron chi connectivity index (χ2n) is 18.1. The van der Waals surface area contributed by atoms with Crippen LogP contribution in [-0.4, -0.2) is 71.6 Å². The predicted molar refractivity (Wildman–Crippen MR) is 244 cm³/mol. The van der Waals surface area contributed by atoms with Gasteiger partial charge in [-0.2, -0.15) is 25.6 Å². The predicted octanol–water partition coefficient (Wildman–Crippen LogP) is 9.26. The summed E-state index contributed by atoms with van der Waals surface area (Å²) >= 11 is 0. The van der Waals surface area contributed by atoms with Crippen molar-refractivity contribution in [2.24, 2.45) is 30.5 Å². The van der Waals surface area contributed by atoms with Crippen LogP contribution < -0.4 is 0 Å². The van der Waals surface area contributed by atoms with Crippen LogP contribution in [0.5, 0.6) is 0 Å². The second-order valence-corrected chi connectivity index (χ2v) is 21.3. The van der Waals surface area contributed by atoms with Crippen LogP contribution in [0.25, 0.3) is 11.5 Å². The van der Waals surface area contributed by atoms with E-state index in [1.54, 1.807) is 12.1 Å². The maximum absolute atomic E-state index is 13.4. The molecule has 68 heavy (non-hydrogen) atoms. The van der Waals surface area contributed by atoms with Gasteiger partial charge in [0.05, 0.1) is 54.0 Å². The average Bonchev–Trinajstić information content (AvgIpc) is 3.27. The van der Waals surface area contributed by atoms with E-state index >= 15 is 0 Å². The van der Waals surface area contributed by atoms with Crippen molar-refractivity contribution in [3.63, 3.8) is 0 Å². The Morgan fingerprint density at radius 2 is 0.794 bits per heavy atom. The molecule has 2 fully saturated rings. The number of allylic oxidation sites excluding steroid dienone is 2. The third-order valence-corrected chi connectivity index (χ3v) is 14.3. The van der Waals surface area contributed by atoms with Gasteiger partial charge in [-0.25, -0.2) is 17.6 Å². The molecule has 2 N–H and O–H groups in total. The number of aliphatic hydroxyl groups excluding tert-OH is 2. The quantitative estimate of drug-likeness (QED) is 0.0729. The lowest BCUT2D eigenvalue weighted by Gasteiger charge is -2.40. The van der Waals surface area contributed by atoms with Crippen LogP contribution in [0.15, 0.2) is 115 Å². The molecule has 0 atom stereocenters. The Morgan fingerprint density at radius 1 is 0.500 bits per heavy atom. The summed E-state index contributed by atoms with van der Waals surface area (Å²) in [5, 5.41) is 22.3. The van der Waals surface area contributed by atoms with Crippen molar-refractivity contribution < 1.29 is 63.8 Å². The van der Waals surface area contributed by atoms with Crippen LogP contribution >= 0.6 is 0 Å². The Kier molecular flexibility index (Phi) is 14.3. The molecule has 2 aromatic heterocycles. The minimum Gasteiger partial charge on any atom is -0.506 e. The summed E-state index contributed by atoms with van der Waals surface area (Å²) in [5.41, 5.74) is -9.33. The molecule has 0 bridgehead atoms. The molecule has 14 nitrogen and oxygen atoms in total. The van der Waals surface area contributed by atoms with E-state index < -0.39 is 123 Å². The van der Waals surface area contributed by atoms with Crippen molar-refractivity contribution in [3.05, 3.63) is 130 Å². The van der Waals surface area contributed by atoms with E-state index in [0.717, 1.165) is 12.1 Å². The van der Waals surface area contributed by atoms with Gasteiger partial charge < -0.3 is 10.2 Å². The summed E-state index contributed by atoms with van der Waals surface area (Å²) in [6.45, 7) is 13.9. The van der Waals surface area contributed by atoms with Gasteiger partial charge in [-0.05, 0) is 118 Å². The number of aryl methyl sites for hydroxylation is 2. The normalized spacial score (nSPS) is 20.6. The Labute approximate surface area is 390 Å². The van der Waals surface area contributed by atoms with Crippen molar-refractivity contribution >= 4 is 66.1 Å². The third kappa shape index (κ3) is 9.60. The van der Waals surface area contributed by atoms with E-state index in [0.29, 0.717) is 0 Å². The number of aromatic nitrogens is 2. The van der Waals surface area contributed by atoms with E-state index in [9.17, 15) is 63.8 Å². The Balaban J connectivity index is 0.000000254. The van der Waals surface area contributed by atoms with Crippen LogP contribution in [0.1, 0.15) is 102 Å². The summed E-state index contributed by atoms with van der Waals surface area (Å²) < 4.78 is 112. The number of Topliss-reactive ketones (excluding diaryl/α,β-unsaturated/α-hetero) is 4. The van der Waals surface area contributed by atoms with Crippen LogP contribution in [0.3, 0.4) is 0 Å². The molecule has 6 rings (SSSR count). The number of carbonyl (C=O) groups excluding carboxylic acids is 4. The maximum Gasteiger partial charge on any atom is 0.282 e. The summed E-state index contributed by atoms with van der Waals surface area (Å²) in [7, 11) is -8.74. The lowest BCUT2D eigenvalue weighted by atomic mass is 9.60. The summed E-state index contributed by atoms with van der Waals surface area (Å²) in [4.78, 5) is 60.5. The van der Waals surface area contributed by atoms with Gasteiger partial charge in [0.25, 0.3) is 32.9 Å². The van der Waals surface area contributed by atoms with Crippen LogP contribution in [0.2, 0.25) is 0 Å². The highest BCUT2D eigenvalue weighted by molar-refractivity contribution is 7.90. The molecule has 20 heteroatoms. The Morgan fingerprint density at radius 3 is 1.06 bits per heavy atom. The first-order valence-electron chi connectivity index (χ1n) is 20.6. The molecule has 2 aromatic carbocycles. The second kappa shape index (κ2) is 18.5. The fraction of sp³-hybridized carbons (Fsp3) is 0.333. The molecule has 2 saturated carbocycles. The number of aliphatic hydroxyl groups is 2. The first-order valence-corrected chi connectivity index (χ1v) is 23.5. The van der Waals surface area contributed by atoms with Gasteiger partial charge in [0.2, 0.25) is 0 Å². The topological polar surface area (TPSA) is 228 Å². The number of hydrogen-bond donors (Lipinski definition) is 2. The average molecular weight is 981 g/mol. The number of benzene rings is 2. The number of rotatable bonds is 8. The molecule has 0 aliphatic heterocycles. The molecule has 2 aliphatic carbocycles. The van der Waals surface area contributed by atoms with Crippen molar-refractivity contribution in [1.82, 2.24) is 9.97 Å². The number of ketones is 4. The SMILES string of the molecule is Cc1nc(C(F)F)ccc1C(O)=C1C(=O)C(C)(C)C(=O)C(C)(C)C1=NS(=O)(=O)c1ccccc1.Cc1nc(C(F)F)ccc1C(O)=C1C(=O)C(C)(C)C(=O)C(C)(C)C1=NS(=O)(=O)c1ccccc1. The van der Waals surface area contributed by atoms with Crippen LogP contribution in [0.4, 0.5) is 17.6 Å². The zero-order valence-corrected chi connectivity index (χ0v) is 40.1. The minimum atomic E-state index is -4.37. The number of halogens is 4. The van der Waals surface area contributed by atoms with Gasteiger partial charge >= 0.3 is 0 Å². The fourth-order valence-corrected chi connectivity index (χ4v) is 10.2. The van der Waals surface area contributed by atoms with Gasteiger partial charge in [0.1, 0.15) is 22.9 Å². The monoisotopic (exact) mass is 980 g/mol. The number of nitrogens with zero attached hydrogens (tertiary/aromatic N) is 4. The molecule has 0 amide bonds. The minimum absolute atomic E-state index is 0.00613. The number of carbonyl (C=O) groups is 4. The van der Waals surface area contributed by atoms with E-state index in [-0.39, 0.29) is 32.3 Å². The van der Waals surface area contributed by atoms with Gasteiger partial charge in [-0.1, -0.05) is 36.4 Å². The Bertz CT molecular complexity index is 2900.